The lowest BCUT2D eigenvalue weighted by molar-refractivity contribution is 0.677. The van der Waals surface area contributed by atoms with Gasteiger partial charge in [-0.1, -0.05) is 18.2 Å². The standard InChI is InChI=1S/C12H11N3OS/c1-17(16)12-5-3-2-4-9(12)8-11(15-17)10-6-7-13-14-10/h2-8H,1H2,(H,13,14)(H,15,16). The predicted molar refractivity (Wildman–Crippen MR) is 69.6 cm³/mol. The molecule has 1 aromatic carbocycles. The molecule has 17 heavy (non-hydrogen) atoms. The molecule has 2 N–H and O–H groups in total. The first-order valence-corrected chi connectivity index (χ1v) is 6.85. The fourth-order valence-corrected chi connectivity index (χ4v) is 3.30. The van der Waals surface area contributed by atoms with Crippen molar-refractivity contribution in [2.45, 2.75) is 4.90 Å². The summed E-state index contributed by atoms with van der Waals surface area (Å²) in [5.41, 5.74) is 2.48. The van der Waals surface area contributed by atoms with Gasteiger partial charge in [0.05, 0.1) is 26.0 Å². The van der Waals surface area contributed by atoms with Crippen LogP contribution in [0.4, 0.5) is 0 Å². The number of aromatic nitrogens is 2. The van der Waals surface area contributed by atoms with Crippen molar-refractivity contribution in [3.63, 3.8) is 0 Å². The molecule has 5 heteroatoms. The highest BCUT2D eigenvalue weighted by Gasteiger charge is 2.19. The number of aromatic amines is 1. The van der Waals surface area contributed by atoms with Crippen LogP contribution in [0.2, 0.25) is 0 Å². The molecule has 0 saturated carbocycles. The van der Waals surface area contributed by atoms with Gasteiger partial charge >= 0.3 is 0 Å². The number of fused-ring (bicyclic) bond motifs is 1. The lowest BCUT2D eigenvalue weighted by Gasteiger charge is -2.21. The van der Waals surface area contributed by atoms with Crippen LogP contribution in [0, 0.1) is 0 Å². The lowest BCUT2D eigenvalue weighted by Crippen LogP contribution is -2.26. The molecule has 1 aliphatic heterocycles. The van der Waals surface area contributed by atoms with Crippen LogP contribution in [0.25, 0.3) is 11.8 Å². The Bertz CT molecular complexity index is 684. The van der Waals surface area contributed by atoms with Gasteiger partial charge in [-0.25, -0.2) is 4.21 Å². The van der Waals surface area contributed by atoms with E-state index in [0.29, 0.717) is 0 Å². The topological polar surface area (TPSA) is 57.8 Å². The third-order valence-electron chi connectivity index (χ3n) is 2.64. The summed E-state index contributed by atoms with van der Waals surface area (Å²) < 4.78 is 15.4. The fourth-order valence-electron chi connectivity index (χ4n) is 1.86. The molecule has 2 aromatic rings. The Labute approximate surface area is 99.5 Å². The van der Waals surface area contributed by atoms with Crippen molar-refractivity contribution in [1.29, 1.82) is 0 Å². The van der Waals surface area contributed by atoms with Crippen molar-refractivity contribution < 1.29 is 4.21 Å². The molecule has 0 radical (unpaired) electrons. The molecule has 1 aromatic heterocycles. The highest BCUT2D eigenvalue weighted by molar-refractivity contribution is 7.99. The number of rotatable bonds is 1. The molecule has 0 fully saturated rings. The minimum absolute atomic E-state index is 0.739. The molecule has 3 rings (SSSR count). The molecule has 4 nitrogen and oxygen atoms in total. The molecule has 86 valence electrons. The van der Waals surface area contributed by atoms with E-state index in [1.165, 1.54) is 0 Å². The first-order valence-electron chi connectivity index (χ1n) is 5.12. The van der Waals surface area contributed by atoms with Crippen molar-refractivity contribution in [2.75, 3.05) is 0 Å². The van der Waals surface area contributed by atoms with Crippen LogP contribution in [0.3, 0.4) is 0 Å². The molecule has 2 heterocycles. The van der Waals surface area contributed by atoms with Crippen LogP contribution < -0.4 is 4.72 Å². The molecular weight excluding hydrogens is 234 g/mol. The Morgan fingerprint density at radius 3 is 2.82 bits per heavy atom. The maximum absolute atomic E-state index is 12.4. The van der Waals surface area contributed by atoms with Gasteiger partial charge in [0.1, 0.15) is 0 Å². The predicted octanol–water partition coefficient (Wildman–Crippen LogP) is 1.50. The number of nitrogens with zero attached hydrogens (tertiary/aromatic N) is 1. The number of benzene rings is 1. The highest BCUT2D eigenvalue weighted by Crippen LogP contribution is 2.26. The first-order chi connectivity index (χ1) is 8.17. The molecule has 1 atom stereocenters. The minimum atomic E-state index is -2.48. The lowest BCUT2D eigenvalue weighted by atomic mass is 10.1. The van der Waals surface area contributed by atoms with E-state index in [1.807, 2.05) is 36.4 Å². The highest BCUT2D eigenvalue weighted by atomic mass is 32.2. The van der Waals surface area contributed by atoms with E-state index in [1.54, 1.807) is 6.20 Å². The van der Waals surface area contributed by atoms with Crippen molar-refractivity contribution >= 4 is 27.4 Å². The Morgan fingerprint density at radius 2 is 2.06 bits per heavy atom. The zero-order valence-corrected chi connectivity index (χ0v) is 9.83. The average molecular weight is 245 g/mol. The SMILES string of the molecule is C=S1(=O)NC(c2ccn[nH]2)=Cc2ccccc21. The third-order valence-corrected chi connectivity index (χ3v) is 4.27. The van der Waals surface area contributed by atoms with Gasteiger partial charge in [-0.3, -0.25) is 5.10 Å². The molecule has 0 amide bonds. The Kier molecular flexibility index (Phi) is 2.09. The van der Waals surface area contributed by atoms with Crippen molar-refractivity contribution in [3.05, 3.63) is 47.8 Å². The van der Waals surface area contributed by atoms with Crippen molar-refractivity contribution in [2.24, 2.45) is 0 Å². The van der Waals surface area contributed by atoms with Crippen molar-refractivity contribution in [1.82, 2.24) is 14.9 Å². The molecule has 1 aliphatic rings. The van der Waals surface area contributed by atoms with Gasteiger partial charge in [-0.05, 0) is 29.6 Å². The van der Waals surface area contributed by atoms with Crippen LogP contribution in [0.5, 0.6) is 0 Å². The van der Waals surface area contributed by atoms with Gasteiger partial charge in [-0.15, -0.1) is 0 Å². The summed E-state index contributed by atoms with van der Waals surface area (Å²) in [7, 11) is -2.48. The number of hydrogen-bond donors (Lipinski definition) is 2. The van der Waals surface area contributed by atoms with E-state index in [4.69, 9.17) is 0 Å². The summed E-state index contributed by atoms with van der Waals surface area (Å²) in [5, 5.41) is 6.72. The number of hydrogen-bond acceptors (Lipinski definition) is 2. The largest absolute Gasteiger partial charge is 0.307 e. The number of nitrogens with one attached hydrogen (secondary N) is 2. The van der Waals surface area contributed by atoms with E-state index in [-0.39, 0.29) is 0 Å². The van der Waals surface area contributed by atoms with E-state index in [9.17, 15) is 4.21 Å². The quantitative estimate of drug-likeness (QED) is 0.748. The summed E-state index contributed by atoms with van der Waals surface area (Å²) in [6.45, 7) is 0. The van der Waals surface area contributed by atoms with Crippen LogP contribution in [0.1, 0.15) is 11.3 Å². The van der Waals surface area contributed by atoms with Crippen LogP contribution in [0.15, 0.2) is 41.4 Å². The normalized spacial score (nSPS) is 22.5. The molecule has 0 bridgehead atoms. The second-order valence-electron chi connectivity index (χ2n) is 3.84. The summed E-state index contributed by atoms with van der Waals surface area (Å²) in [6, 6.07) is 9.36. The Hall–Kier alpha value is -2.01. The summed E-state index contributed by atoms with van der Waals surface area (Å²) >= 11 is 0. The summed E-state index contributed by atoms with van der Waals surface area (Å²) in [6.07, 6.45) is 3.60. The van der Waals surface area contributed by atoms with Gasteiger partial charge in [0.15, 0.2) is 0 Å². The van der Waals surface area contributed by atoms with E-state index < -0.39 is 9.71 Å². The molecular formula is C12H11N3OS. The minimum Gasteiger partial charge on any atom is -0.307 e. The van der Waals surface area contributed by atoms with E-state index in [0.717, 1.165) is 21.8 Å². The maximum atomic E-state index is 12.4. The van der Waals surface area contributed by atoms with Crippen LogP contribution in [-0.2, 0) is 9.71 Å². The molecule has 0 saturated heterocycles. The third kappa shape index (κ3) is 1.64. The van der Waals surface area contributed by atoms with Crippen molar-refractivity contribution in [3.8, 4) is 0 Å². The second kappa shape index (κ2) is 3.49. The van der Waals surface area contributed by atoms with Crippen LogP contribution >= 0.6 is 0 Å². The monoisotopic (exact) mass is 245 g/mol. The van der Waals surface area contributed by atoms with Gasteiger partial charge < -0.3 is 4.72 Å². The van der Waals surface area contributed by atoms with E-state index >= 15 is 0 Å². The Balaban J connectivity index is 2.22. The summed E-state index contributed by atoms with van der Waals surface area (Å²) in [4.78, 5) is 0.739. The molecule has 1 unspecified atom stereocenters. The zero-order chi connectivity index (χ0) is 11.9. The number of H-pyrrole nitrogens is 1. The second-order valence-corrected chi connectivity index (χ2v) is 5.84. The molecule has 0 aliphatic carbocycles. The summed E-state index contributed by atoms with van der Waals surface area (Å²) in [5.74, 6) is 3.77. The van der Waals surface area contributed by atoms with Gasteiger partial charge in [-0.2, -0.15) is 5.10 Å². The van der Waals surface area contributed by atoms with Gasteiger partial charge in [0.25, 0.3) is 0 Å². The smallest absolute Gasteiger partial charge is 0.0818 e. The molecule has 0 spiro atoms. The Morgan fingerprint density at radius 1 is 1.24 bits per heavy atom. The van der Waals surface area contributed by atoms with E-state index in [2.05, 4.69) is 20.8 Å². The zero-order valence-electron chi connectivity index (χ0n) is 9.01. The maximum Gasteiger partial charge on any atom is 0.0818 e. The average Bonchev–Trinajstić information content (AvgIpc) is 2.81. The van der Waals surface area contributed by atoms with Gasteiger partial charge in [0.2, 0.25) is 0 Å². The first kappa shape index (κ1) is 10.2. The fraction of sp³-hybridized carbons (Fsp3) is 0. The van der Waals surface area contributed by atoms with Crippen LogP contribution in [-0.4, -0.2) is 20.3 Å². The van der Waals surface area contributed by atoms with Gasteiger partial charge in [0, 0.05) is 6.20 Å².